The maximum absolute atomic E-state index is 13.4. The van der Waals surface area contributed by atoms with E-state index in [0.29, 0.717) is 32.9 Å². The minimum atomic E-state index is -0.283. The van der Waals surface area contributed by atoms with Gasteiger partial charge in [0.25, 0.3) is 17.4 Å². The predicted octanol–water partition coefficient (Wildman–Crippen LogP) is 4.39. The molecule has 1 aliphatic heterocycles. The number of carbonyl (C=O) groups is 2. The average molecular weight is 456 g/mol. The summed E-state index contributed by atoms with van der Waals surface area (Å²) in [4.78, 5) is 44.8. The van der Waals surface area contributed by atoms with Crippen LogP contribution in [0.15, 0.2) is 76.7 Å². The highest BCUT2D eigenvalue weighted by molar-refractivity contribution is 7.99. The maximum Gasteiger partial charge on any atom is 0.266 e. The van der Waals surface area contributed by atoms with Gasteiger partial charge in [-0.2, -0.15) is 0 Å². The molecule has 3 aromatic carbocycles. The molecule has 0 aliphatic carbocycles. The summed E-state index contributed by atoms with van der Waals surface area (Å²) < 4.78 is 1.62. The molecule has 1 aromatic heterocycles. The van der Waals surface area contributed by atoms with Crippen molar-refractivity contribution < 1.29 is 9.59 Å². The summed E-state index contributed by atoms with van der Waals surface area (Å²) in [5.74, 6) is -0.148. The molecule has 0 saturated heterocycles. The Morgan fingerprint density at radius 2 is 1.42 bits per heavy atom. The number of rotatable bonds is 5. The monoisotopic (exact) mass is 455 g/mol. The second-order valence-corrected chi connectivity index (χ2v) is 9.12. The topological polar surface area (TPSA) is 72.3 Å². The van der Waals surface area contributed by atoms with Crippen molar-refractivity contribution in [2.45, 2.75) is 19.0 Å². The first-order valence-corrected chi connectivity index (χ1v) is 11.6. The summed E-state index contributed by atoms with van der Waals surface area (Å²) in [5, 5.41) is 1.07. The van der Waals surface area contributed by atoms with E-state index in [4.69, 9.17) is 4.98 Å². The SMILES string of the molecule is Cc1cc(C)cc(-n2c(SCCN3C(=O)c4ccccc4C3=O)nc3ccccc3c2=O)c1. The first kappa shape index (κ1) is 21.2. The van der Waals surface area contributed by atoms with Crippen LogP contribution < -0.4 is 5.56 Å². The number of nitrogens with zero attached hydrogens (tertiary/aromatic N) is 3. The Hall–Kier alpha value is -3.71. The fourth-order valence-corrected chi connectivity index (χ4v) is 5.12. The van der Waals surface area contributed by atoms with Crippen molar-refractivity contribution in [1.82, 2.24) is 14.5 Å². The molecule has 1 aliphatic rings. The number of carbonyl (C=O) groups excluding carboxylic acids is 2. The lowest BCUT2D eigenvalue weighted by atomic mass is 10.1. The van der Waals surface area contributed by atoms with Crippen molar-refractivity contribution in [1.29, 1.82) is 0 Å². The molecule has 0 saturated carbocycles. The van der Waals surface area contributed by atoms with Crippen molar-refractivity contribution in [3.63, 3.8) is 0 Å². The second kappa shape index (κ2) is 8.33. The Morgan fingerprint density at radius 3 is 2.09 bits per heavy atom. The highest BCUT2D eigenvalue weighted by Crippen LogP contribution is 2.26. The first-order valence-electron chi connectivity index (χ1n) is 10.6. The molecule has 6 nitrogen and oxygen atoms in total. The smallest absolute Gasteiger partial charge is 0.266 e. The molecule has 0 N–H and O–H groups in total. The maximum atomic E-state index is 13.4. The zero-order valence-corrected chi connectivity index (χ0v) is 19.1. The molecule has 5 rings (SSSR count). The van der Waals surface area contributed by atoms with E-state index in [1.165, 1.54) is 16.7 Å². The van der Waals surface area contributed by atoms with E-state index in [1.807, 2.05) is 44.2 Å². The highest BCUT2D eigenvalue weighted by atomic mass is 32.2. The number of aromatic nitrogens is 2. The van der Waals surface area contributed by atoms with Gasteiger partial charge in [0.05, 0.1) is 27.7 Å². The lowest BCUT2D eigenvalue weighted by molar-refractivity contribution is 0.0664. The zero-order valence-electron chi connectivity index (χ0n) is 18.2. The third-order valence-corrected chi connectivity index (χ3v) is 6.55. The van der Waals surface area contributed by atoms with Gasteiger partial charge in [-0.1, -0.05) is 42.1 Å². The summed E-state index contributed by atoms with van der Waals surface area (Å²) in [5.41, 5.74) is 4.19. The van der Waals surface area contributed by atoms with E-state index in [-0.39, 0.29) is 23.9 Å². The van der Waals surface area contributed by atoms with E-state index < -0.39 is 0 Å². The van der Waals surface area contributed by atoms with Gasteiger partial charge in [0.1, 0.15) is 0 Å². The first-order chi connectivity index (χ1) is 15.9. The summed E-state index contributed by atoms with van der Waals surface area (Å²) in [6, 6.07) is 20.1. The number of thioether (sulfide) groups is 1. The molecular formula is C26H21N3O3S. The molecule has 7 heteroatoms. The lowest BCUT2D eigenvalue weighted by Crippen LogP contribution is -2.32. The number of fused-ring (bicyclic) bond motifs is 2. The summed E-state index contributed by atoms with van der Waals surface area (Å²) in [6.45, 7) is 4.21. The number of amides is 2. The van der Waals surface area contributed by atoms with Gasteiger partial charge in [0, 0.05) is 12.3 Å². The van der Waals surface area contributed by atoms with Crippen LogP contribution in [0.2, 0.25) is 0 Å². The molecule has 4 aromatic rings. The Morgan fingerprint density at radius 1 is 0.818 bits per heavy atom. The molecule has 33 heavy (non-hydrogen) atoms. The van der Waals surface area contributed by atoms with Crippen molar-refractivity contribution in [3.05, 3.63) is 99.3 Å². The number of benzene rings is 3. The van der Waals surface area contributed by atoms with E-state index in [2.05, 4.69) is 6.07 Å². The van der Waals surface area contributed by atoms with Crippen LogP contribution in [0, 0.1) is 13.8 Å². The Balaban J connectivity index is 1.49. The molecule has 0 atom stereocenters. The van der Waals surface area contributed by atoms with Gasteiger partial charge in [-0.15, -0.1) is 0 Å². The van der Waals surface area contributed by atoms with Crippen LogP contribution in [-0.4, -0.2) is 38.6 Å². The van der Waals surface area contributed by atoms with Crippen molar-refractivity contribution >= 4 is 34.5 Å². The van der Waals surface area contributed by atoms with Gasteiger partial charge >= 0.3 is 0 Å². The number of imide groups is 1. The summed E-state index contributed by atoms with van der Waals surface area (Å²) >= 11 is 1.36. The molecule has 164 valence electrons. The fourth-order valence-electron chi connectivity index (χ4n) is 4.19. The summed E-state index contributed by atoms with van der Waals surface area (Å²) in [7, 11) is 0. The third kappa shape index (κ3) is 3.74. The van der Waals surface area contributed by atoms with E-state index in [0.717, 1.165) is 16.8 Å². The number of hydrogen-bond donors (Lipinski definition) is 0. The van der Waals surface area contributed by atoms with Crippen LogP contribution in [-0.2, 0) is 0 Å². The van der Waals surface area contributed by atoms with Crippen molar-refractivity contribution in [2.24, 2.45) is 0 Å². The molecular weight excluding hydrogens is 434 g/mol. The van der Waals surface area contributed by atoms with Crippen LogP contribution in [0.3, 0.4) is 0 Å². The van der Waals surface area contributed by atoms with E-state index in [1.54, 1.807) is 34.9 Å². The molecule has 2 amide bonds. The van der Waals surface area contributed by atoms with Gasteiger partial charge in [-0.3, -0.25) is 23.9 Å². The van der Waals surface area contributed by atoms with Crippen molar-refractivity contribution in [2.75, 3.05) is 12.3 Å². The number of aryl methyl sites for hydroxylation is 2. The predicted molar refractivity (Wildman–Crippen MR) is 129 cm³/mol. The van der Waals surface area contributed by atoms with Crippen LogP contribution in [0.4, 0.5) is 0 Å². The highest BCUT2D eigenvalue weighted by Gasteiger charge is 2.34. The molecule has 0 bridgehead atoms. The molecule has 0 radical (unpaired) electrons. The molecule has 0 spiro atoms. The van der Waals surface area contributed by atoms with Crippen LogP contribution in [0.25, 0.3) is 16.6 Å². The Labute approximate surface area is 194 Å². The van der Waals surface area contributed by atoms with Gasteiger partial charge in [0.15, 0.2) is 5.16 Å². The average Bonchev–Trinajstić information content (AvgIpc) is 3.04. The van der Waals surface area contributed by atoms with Crippen LogP contribution in [0.1, 0.15) is 31.8 Å². The molecule has 0 fully saturated rings. The van der Waals surface area contributed by atoms with Crippen LogP contribution >= 0.6 is 11.8 Å². The van der Waals surface area contributed by atoms with Gasteiger partial charge in [-0.05, 0) is 61.4 Å². The standard InChI is InChI=1S/C26H21N3O3S/c1-16-13-17(2)15-18(14-16)29-25(32)21-9-5-6-10-22(21)27-26(29)33-12-11-28-23(30)19-7-3-4-8-20(19)24(28)31/h3-10,13-15H,11-12H2,1-2H3. The quantitative estimate of drug-likeness (QED) is 0.254. The third-order valence-electron chi connectivity index (χ3n) is 5.63. The molecule has 0 unspecified atom stereocenters. The number of para-hydroxylation sites is 1. The largest absolute Gasteiger partial charge is 0.273 e. The van der Waals surface area contributed by atoms with Crippen molar-refractivity contribution in [3.8, 4) is 5.69 Å². The minimum Gasteiger partial charge on any atom is -0.273 e. The van der Waals surface area contributed by atoms with Crippen LogP contribution in [0.5, 0.6) is 0 Å². The number of hydrogen-bond acceptors (Lipinski definition) is 5. The summed E-state index contributed by atoms with van der Waals surface area (Å²) in [6.07, 6.45) is 0. The Kier molecular flexibility index (Phi) is 5.34. The van der Waals surface area contributed by atoms with Gasteiger partial charge in [0.2, 0.25) is 0 Å². The lowest BCUT2D eigenvalue weighted by Gasteiger charge is -2.16. The Bertz CT molecular complexity index is 1440. The minimum absolute atomic E-state index is 0.145. The zero-order chi connectivity index (χ0) is 23.1. The molecule has 2 heterocycles. The fraction of sp³-hybridized carbons (Fsp3) is 0.154. The van der Waals surface area contributed by atoms with Gasteiger partial charge in [-0.25, -0.2) is 4.98 Å². The second-order valence-electron chi connectivity index (χ2n) is 8.05. The van der Waals surface area contributed by atoms with Gasteiger partial charge < -0.3 is 0 Å². The van der Waals surface area contributed by atoms with E-state index >= 15 is 0 Å². The van der Waals surface area contributed by atoms with E-state index in [9.17, 15) is 14.4 Å². The normalized spacial score (nSPS) is 13.1.